The second-order valence-corrected chi connectivity index (χ2v) is 10.9. The predicted octanol–water partition coefficient (Wildman–Crippen LogP) is 7.99. The van der Waals surface area contributed by atoms with E-state index in [9.17, 15) is 9.18 Å². The molecule has 5 rings (SSSR count). The van der Waals surface area contributed by atoms with Crippen molar-refractivity contribution in [3.05, 3.63) is 94.6 Å². The minimum atomic E-state index is -0.279. The van der Waals surface area contributed by atoms with Crippen LogP contribution in [0.3, 0.4) is 0 Å². The zero-order valence-corrected chi connectivity index (χ0v) is 23.1. The molecule has 2 atom stereocenters. The first-order chi connectivity index (χ1) is 19.0. The molecule has 0 aromatic heterocycles. The summed E-state index contributed by atoms with van der Waals surface area (Å²) in [6.07, 6.45) is 6.35. The molecule has 0 spiro atoms. The lowest BCUT2D eigenvalue weighted by atomic mass is 9.85. The van der Waals surface area contributed by atoms with E-state index in [1.165, 1.54) is 30.3 Å². The molecule has 7 heteroatoms. The van der Waals surface area contributed by atoms with Gasteiger partial charge in [0.15, 0.2) is 16.7 Å². The first-order valence-electron chi connectivity index (χ1n) is 13.5. The smallest absolute Gasteiger partial charge is 0.267 e. The number of carbonyl (C=O) groups is 1. The number of aliphatic imine (C=N–C) groups is 1. The summed E-state index contributed by atoms with van der Waals surface area (Å²) in [4.78, 5) is 21.2. The van der Waals surface area contributed by atoms with E-state index >= 15 is 0 Å². The molecule has 2 fully saturated rings. The van der Waals surface area contributed by atoms with Crippen LogP contribution in [0, 0.1) is 11.7 Å². The number of hydrogen-bond donors (Lipinski definition) is 0. The van der Waals surface area contributed by atoms with E-state index < -0.39 is 0 Å². The Kier molecular flexibility index (Phi) is 8.67. The molecule has 39 heavy (non-hydrogen) atoms. The fourth-order valence-electron chi connectivity index (χ4n) is 5.05. The Morgan fingerprint density at radius 3 is 2.51 bits per heavy atom. The van der Waals surface area contributed by atoms with Crippen LogP contribution in [0.25, 0.3) is 6.08 Å². The first-order valence-corrected chi connectivity index (χ1v) is 14.3. The number of halogens is 1. The van der Waals surface area contributed by atoms with Crippen LogP contribution in [0.5, 0.6) is 11.5 Å². The van der Waals surface area contributed by atoms with Gasteiger partial charge in [0.2, 0.25) is 0 Å². The van der Waals surface area contributed by atoms with Crippen LogP contribution in [0.2, 0.25) is 0 Å². The van der Waals surface area contributed by atoms with E-state index in [0.29, 0.717) is 35.5 Å². The molecule has 202 valence electrons. The Morgan fingerprint density at radius 1 is 1.00 bits per heavy atom. The SMILES string of the molecule is CCOc1cc(/C=C2\SC(=Nc3ccccc3)N([C@@H]3CCCC[C@H]3C)C2=O)ccc1OCc1ccc(F)cc1. The maximum absolute atomic E-state index is 13.8. The fraction of sp³-hybridized carbons (Fsp3) is 0.312. The van der Waals surface area contributed by atoms with Crippen molar-refractivity contribution in [3.8, 4) is 11.5 Å². The molecule has 5 nitrogen and oxygen atoms in total. The molecule has 2 aliphatic rings. The van der Waals surface area contributed by atoms with Gasteiger partial charge in [-0.25, -0.2) is 9.38 Å². The third kappa shape index (κ3) is 6.53. The van der Waals surface area contributed by atoms with Gasteiger partial charge in [0.05, 0.1) is 17.2 Å². The number of para-hydroxylation sites is 1. The van der Waals surface area contributed by atoms with Gasteiger partial charge in [-0.2, -0.15) is 0 Å². The zero-order chi connectivity index (χ0) is 27.2. The Labute approximate surface area is 233 Å². The molecule has 0 unspecified atom stereocenters. The number of amidine groups is 1. The normalized spacial score (nSPS) is 21.5. The van der Waals surface area contributed by atoms with Gasteiger partial charge in [-0.05, 0) is 91.0 Å². The summed E-state index contributed by atoms with van der Waals surface area (Å²) in [7, 11) is 0. The van der Waals surface area contributed by atoms with Gasteiger partial charge >= 0.3 is 0 Å². The number of thioether (sulfide) groups is 1. The molecule has 0 bridgehead atoms. The monoisotopic (exact) mass is 544 g/mol. The number of nitrogens with zero attached hydrogens (tertiary/aromatic N) is 2. The van der Waals surface area contributed by atoms with Crippen LogP contribution < -0.4 is 9.47 Å². The summed E-state index contributed by atoms with van der Waals surface area (Å²) in [5, 5.41) is 0.737. The Morgan fingerprint density at radius 2 is 1.77 bits per heavy atom. The second-order valence-electron chi connectivity index (χ2n) is 9.90. The van der Waals surface area contributed by atoms with Crippen molar-refractivity contribution in [1.29, 1.82) is 0 Å². The van der Waals surface area contributed by atoms with Crippen molar-refractivity contribution in [2.45, 2.75) is 52.2 Å². The first kappa shape index (κ1) is 27.0. The minimum absolute atomic E-state index is 0.00280. The molecular formula is C32H33FN2O3S. The molecular weight excluding hydrogens is 511 g/mol. The van der Waals surface area contributed by atoms with E-state index in [1.54, 1.807) is 12.1 Å². The van der Waals surface area contributed by atoms with Crippen LogP contribution in [0.1, 0.15) is 50.7 Å². The van der Waals surface area contributed by atoms with Crippen LogP contribution >= 0.6 is 11.8 Å². The van der Waals surface area contributed by atoms with E-state index in [2.05, 4.69) is 6.92 Å². The third-order valence-electron chi connectivity index (χ3n) is 7.09. The lowest BCUT2D eigenvalue weighted by Gasteiger charge is -2.35. The summed E-state index contributed by atoms with van der Waals surface area (Å²) in [6.45, 7) is 4.92. The van der Waals surface area contributed by atoms with Crippen LogP contribution in [-0.4, -0.2) is 28.6 Å². The Bertz CT molecular complexity index is 1360. The molecule has 1 aliphatic heterocycles. The predicted molar refractivity (Wildman–Crippen MR) is 156 cm³/mol. The van der Waals surface area contributed by atoms with Crippen molar-refractivity contribution in [2.75, 3.05) is 6.61 Å². The molecule has 1 saturated carbocycles. The highest BCUT2D eigenvalue weighted by Crippen LogP contribution is 2.40. The quantitative estimate of drug-likeness (QED) is 0.270. The lowest BCUT2D eigenvalue weighted by molar-refractivity contribution is -0.124. The number of carbonyl (C=O) groups excluding carboxylic acids is 1. The van der Waals surface area contributed by atoms with E-state index in [1.807, 2.05) is 66.4 Å². The second kappa shape index (κ2) is 12.5. The van der Waals surface area contributed by atoms with E-state index in [0.717, 1.165) is 41.2 Å². The number of ether oxygens (including phenoxy) is 2. The van der Waals surface area contributed by atoms with E-state index in [-0.39, 0.29) is 17.8 Å². The number of amides is 1. The van der Waals surface area contributed by atoms with Crippen molar-refractivity contribution in [3.63, 3.8) is 0 Å². The molecule has 0 radical (unpaired) electrons. The van der Waals surface area contributed by atoms with Crippen LogP contribution in [-0.2, 0) is 11.4 Å². The number of rotatable bonds is 8. The standard InChI is InChI=1S/C32H33FN2O3S/c1-3-37-29-19-24(15-18-28(29)38-21-23-13-16-25(33)17-14-23)20-30-31(36)35(27-12-8-7-9-22(27)2)32(39-30)34-26-10-5-4-6-11-26/h4-6,10-11,13-20,22,27H,3,7-9,12,21H2,1-2H3/b30-20-,34-32?/t22-,27-/m1/s1. The van der Waals surface area contributed by atoms with Gasteiger partial charge in [-0.3, -0.25) is 9.69 Å². The van der Waals surface area contributed by atoms with Gasteiger partial charge in [0.25, 0.3) is 5.91 Å². The van der Waals surface area contributed by atoms with Crippen molar-refractivity contribution >= 4 is 34.6 Å². The van der Waals surface area contributed by atoms with E-state index in [4.69, 9.17) is 14.5 Å². The van der Waals surface area contributed by atoms with Crippen molar-refractivity contribution in [1.82, 2.24) is 4.90 Å². The third-order valence-corrected chi connectivity index (χ3v) is 8.07. The molecule has 3 aromatic carbocycles. The summed E-state index contributed by atoms with van der Waals surface area (Å²) in [5.41, 5.74) is 2.55. The van der Waals surface area contributed by atoms with Crippen LogP contribution in [0.4, 0.5) is 10.1 Å². The average molecular weight is 545 g/mol. The van der Waals surface area contributed by atoms with Gasteiger partial charge in [-0.1, -0.05) is 56.2 Å². The molecule has 1 saturated heterocycles. The van der Waals surface area contributed by atoms with Crippen LogP contribution in [0.15, 0.2) is 82.7 Å². The maximum Gasteiger partial charge on any atom is 0.267 e. The van der Waals surface area contributed by atoms with Gasteiger partial charge < -0.3 is 9.47 Å². The number of hydrogen-bond acceptors (Lipinski definition) is 5. The largest absolute Gasteiger partial charge is 0.490 e. The minimum Gasteiger partial charge on any atom is -0.490 e. The van der Waals surface area contributed by atoms with Crippen molar-refractivity contribution < 1.29 is 18.7 Å². The molecule has 0 N–H and O–H groups in total. The molecule has 3 aromatic rings. The highest BCUT2D eigenvalue weighted by atomic mass is 32.2. The highest BCUT2D eigenvalue weighted by molar-refractivity contribution is 8.18. The maximum atomic E-state index is 13.8. The summed E-state index contributed by atoms with van der Waals surface area (Å²) in [6, 6.07) is 21.8. The van der Waals surface area contributed by atoms with Gasteiger partial charge in [0.1, 0.15) is 12.4 Å². The molecule has 1 heterocycles. The summed E-state index contributed by atoms with van der Waals surface area (Å²) in [5.74, 6) is 1.34. The Balaban J connectivity index is 1.42. The lowest BCUT2D eigenvalue weighted by Crippen LogP contribution is -2.44. The Hall–Kier alpha value is -3.58. The van der Waals surface area contributed by atoms with Crippen molar-refractivity contribution in [2.24, 2.45) is 10.9 Å². The summed E-state index contributed by atoms with van der Waals surface area (Å²) >= 11 is 1.43. The fourth-order valence-corrected chi connectivity index (χ4v) is 6.09. The highest BCUT2D eigenvalue weighted by Gasteiger charge is 2.41. The molecule has 1 aliphatic carbocycles. The average Bonchev–Trinajstić information content (AvgIpc) is 3.24. The zero-order valence-electron chi connectivity index (χ0n) is 22.3. The van der Waals surface area contributed by atoms with Gasteiger partial charge in [-0.15, -0.1) is 0 Å². The summed E-state index contributed by atoms with van der Waals surface area (Å²) < 4.78 is 25.1. The van der Waals surface area contributed by atoms with Gasteiger partial charge in [0, 0.05) is 6.04 Å². The molecule has 1 amide bonds. The topological polar surface area (TPSA) is 51.1 Å². The number of benzene rings is 3.